The number of hydrogen-bond donors (Lipinski definition) is 0. The summed E-state index contributed by atoms with van der Waals surface area (Å²) in [7, 11) is 0. The van der Waals surface area contributed by atoms with Crippen LogP contribution in [-0.2, 0) is 0 Å². The van der Waals surface area contributed by atoms with E-state index in [1.165, 1.54) is 0 Å². The minimum Gasteiger partial charge on any atom is -0.207 e. The lowest BCUT2D eigenvalue weighted by molar-refractivity contribution is -0.604. The van der Waals surface area contributed by atoms with Gasteiger partial charge in [0, 0.05) is 18.2 Å². The fourth-order valence-corrected chi connectivity index (χ4v) is 3.82. The first-order valence-electron chi connectivity index (χ1n) is 4.93. The second-order valence-corrected chi connectivity index (χ2v) is 6.43. The van der Waals surface area contributed by atoms with E-state index in [2.05, 4.69) is 0 Å². The molecule has 0 aliphatic heterocycles. The van der Waals surface area contributed by atoms with Gasteiger partial charge in [0.2, 0.25) is 29.1 Å². The Balaban J connectivity index is 2.54. The highest BCUT2D eigenvalue weighted by Gasteiger charge is 2.35. The summed E-state index contributed by atoms with van der Waals surface area (Å²) in [6.07, 6.45) is 0. The van der Waals surface area contributed by atoms with E-state index in [4.69, 9.17) is 0 Å². The van der Waals surface area contributed by atoms with Crippen LogP contribution in [-0.4, -0.2) is 0 Å². The molecule has 106 valence electrons. The minimum absolute atomic E-state index is 0.149. The van der Waals surface area contributed by atoms with E-state index in [1.54, 1.807) is 0 Å². The van der Waals surface area contributed by atoms with Crippen LogP contribution in [0.15, 0.2) is 18.2 Å². The van der Waals surface area contributed by atoms with Crippen LogP contribution in [0.2, 0.25) is 0 Å². The lowest BCUT2D eigenvalue weighted by Crippen LogP contribution is -3.62. The summed E-state index contributed by atoms with van der Waals surface area (Å²) in [5, 5.41) is 0. The molecule has 0 radical (unpaired) electrons. The van der Waals surface area contributed by atoms with Gasteiger partial charge in [0.25, 0.3) is 3.57 Å². The molecule has 0 aromatic heterocycles. The average molecular weight is 407 g/mol. The van der Waals surface area contributed by atoms with Crippen LogP contribution in [0.3, 0.4) is 0 Å². The fourth-order valence-electron chi connectivity index (χ4n) is 1.34. The van der Waals surface area contributed by atoms with Gasteiger partial charge in [-0.2, -0.15) is 8.78 Å². The molecule has 0 fully saturated rings. The van der Waals surface area contributed by atoms with E-state index >= 15 is 0 Å². The van der Waals surface area contributed by atoms with Crippen LogP contribution in [0.25, 0.3) is 0 Å². The third kappa shape index (κ3) is 2.74. The van der Waals surface area contributed by atoms with Gasteiger partial charge >= 0.3 is 21.2 Å². The third-order valence-corrected chi connectivity index (χ3v) is 4.92. The van der Waals surface area contributed by atoms with Crippen molar-refractivity contribution in [2.75, 3.05) is 0 Å². The van der Waals surface area contributed by atoms with E-state index in [0.717, 1.165) is 12.1 Å². The normalized spacial score (nSPS) is 10.9. The molecule has 0 atom stereocenters. The van der Waals surface area contributed by atoms with E-state index in [9.17, 15) is 30.7 Å². The summed E-state index contributed by atoms with van der Waals surface area (Å²) >= 11 is -1.97. The second-order valence-electron chi connectivity index (χ2n) is 3.57. The van der Waals surface area contributed by atoms with Crippen molar-refractivity contribution in [1.82, 2.24) is 0 Å². The molecule has 0 bridgehead atoms. The monoisotopic (exact) mass is 407 g/mol. The standard InChI is InChI=1S/C12H3F7I/c13-4-1-5(14)3-6(2-4)20-12-10(18)8(16)7(15)9(17)11(12)19/h1-3H/q+1. The fraction of sp³-hybridized carbons (Fsp3) is 0. The molecular weight excluding hydrogens is 404 g/mol. The lowest BCUT2D eigenvalue weighted by atomic mass is 10.3. The molecule has 0 unspecified atom stereocenters. The van der Waals surface area contributed by atoms with Crippen molar-refractivity contribution in [3.8, 4) is 0 Å². The number of benzene rings is 2. The SMILES string of the molecule is Fc1cc(F)cc([I+]c2c(F)c(F)c(F)c(F)c2F)c1. The molecule has 8 heteroatoms. The van der Waals surface area contributed by atoms with Crippen LogP contribution >= 0.6 is 0 Å². The van der Waals surface area contributed by atoms with Gasteiger partial charge in [0.1, 0.15) is 11.6 Å². The maximum Gasteiger partial charge on any atom is 0.364 e. The summed E-state index contributed by atoms with van der Waals surface area (Å²) in [5.41, 5.74) is 0. The lowest BCUT2D eigenvalue weighted by Gasteiger charge is -1.99. The summed E-state index contributed by atoms with van der Waals surface area (Å²) in [6, 6.07) is 2.11. The van der Waals surface area contributed by atoms with Crippen LogP contribution in [0.1, 0.15) is 0 Å². The molecule has 0 aliphatic carbocycles. The van der Waals surface area contributed by atoms with Crippen LogP contribution < -0.4 is 21.2 Å². The third-order valence-electron chi connectivity index (χ3n) is 2.19. The zero-order valence-corrected chi connectivity index (χ0v) is 11.4. The zero-order chi connectivity index (χ0) is 15.0. The molecule has 0 saturated heterocycles. The van der Waals surface area contributed by atoms with Gasteiger partial charge in [-0.05, 0) is 0 Å². The first-order chi connectivity index (χ1) is 9.31. The van der Waals surface area contributed by atoms with Crippen molar-refractivity contribution in [1.29, 1.82) is 0 Å². The molecular formula is C12H3F7I+. The molecule has 2 aromatic rings. The molecule has 20 heavy (non-hydrogen) atoms. The summed E-state index contributed by atoms with van der Waals surface area (Å²) in [5.74, 6) is -12.4. The Kier molecular flexibility index (Phi) is 4.21. The smallest absolute Gasteiger partial charge is 0.207 e. The Hall–Kier alpha value is -1.32. The number of rotatable bonds is 2. The Bertz CT molecular complexity index is 635. The number of halogens is 8. The van der Waals surface area contributed by atoms with Gasteiger partial charge in [0.15, 0.2) is 3.57 Å². The molecule has 0 nitrogen and oxygen atoms in total. The van der Waals surface area contributed by atoms with Crippen molar-refractivity contribution >= 4 is 0 Å². The molecule has 2 rings (SSSR count). The molecule has 0 saturated carbocycles. The Labute approximate surface area is 118 Å². The van der Waals surface area contributed by atoms with Crippen molar-refractivity contribution < 1.29 is 51.9 Å². The molecule has 0 amide bonds. The maximum atomic E-state index is 13.4. The van der Waals surface area contributed by atoms with Crippen molar-refractivity contribution in [3.05, 3.63) is 66.1 Å². The van der Waals surface area contributed by atoms with E-state index in [0.29, 0.717) is 6.07 Å². The van der Waals surface area contributed by atoms with Gasteiger partial charge < -0.3 is 0 Å². The van der Waals surface area contributed by atoms with Gasteiger partial charge in [-0.15, -0.1) is 0 Å². The first-order valence-corrected chi connectivity index (χ1v) is 7.09. The number of hydrogen-bond acceptors (Lipinski definition) is 0. The highest BCUT2D eigenvalue weighted by Crippen LogP contribution is 2.17. The largest absolute Gasteiger partial charge is 0.364 e. The molecule has 0 spiro atoms. The predicted molar refractivity (Wildman–Crippen MR) is 50.0 cm³/mol. The van der Waals surface area contributed by atoms with Gasteiger partial charge in [0.05, 0.1) is 0 Å². The molecule has 0 N–H and O–H groups in total. The van der Waals surface area contributed by atoms with Gasteiger partial charge in [-0.3, -0.25) is 0 Å². The highest BCUT2D eigenvalue weighted by molar-refractivity contribution is 5.13. The summed E-state index contributed by atoms with van der Waals surface area (Å²) in [4.78, 5) is 0. The van der Waals surface area contributed by atoms with Crippen molar-refractivity contribution in [2.45, 2.75) is 0 Å². The van der Waals surface area contributed by atoms with Crippen LogP contribution in [0, 0.1) is 47.9 Å². The van der Waals surface area contributed by atoms with Crippen LogP contribution in [0.4, 0.5) is 30.7 Å². The Morgan fingerprint density at radius 1 is 0.550 bits per heavy atom. The Morgan fingerprint density at radius 2 is 0.950 bits per heavy atom. The Morgan fingerprint density at radius 3 is 1.40 bits per heavy atom. The first kappa shape index (κ1) is 15.1. The molecule has 0 aliphatic rings. The molecule has 2 aromatic carbocycles. The summed E-state index contributed by atoms with van der Waals surface area (Å²) < 4.78 is 90.3. The van der Waals surface area contributed by atoms with Gasteiger partial charge in [-0.25, -0.2) is 22.0 Å². The van der Waals surface area contributed by atoms with E-state index < -0.39 is 65.5 Å². The van der Waals surface area contributed by atoms with Crippen LogP contribution in [0.5, 0.6) is 0 Å². The molecule has 0 heterocycles. The van der Waals surface area contributed by atoms with Crippen molar-refractivity contribution in [2.24, 2.45) is 0 Å². The average Bonchev–Trinajstić information content (AvgIpc) is 2.38. The zero-order valence-electron chi connectivity index (χ0n) is 9.26. The quantitative estimate of drug-likeness (QED) is 0.299. The summed E-state index contributed by atoms with van der Waals surface area (Å²) in [6.45, 7) is 0. The van der Waals surface area contributed by atoms with Gasteiger partial charge in [-0.1, -0.05) is 0 Å². The second kappa shape index (κ2) is 5.58. The highest BCUT2D eigenvalue weighted by atomic mass is 127. The maximum absolute atomic E-state index is 13.4. The minimum atomic E-state index is -2.27. The van der Waals surface area contributed by atoms with Crippen molar-refractivity contribution in [3.63, 3.8) is 0 Å². The van der Waals surface area contributed by atoms with E-state index in [-0.39, 0.29) is 3.57 Å². The van der Waals surface area contributed by atoms with E-state index in [1.807, 2.05) is 0 Å². The topological polar surface area (TPSA) is 0 Å². The predicted octanol–water partition coefficient (Wildman–Crippen LogP) is 0.789.